The number of ether oxygens (including phenoxy) is 1. The van der Waals surface area contributed by atoms with Gasteiger partial charge in [-0.15, -0.1) is 0 Å². The molecule has 1 aliphatic rings. The number of aryl methyl sites for hydroxylation is 1. The molecule has 0 aliphatic carbocycles. The second-order valence-electron chi connectivity index (χ2n) is 4.25. The van der Waals surface area contributed by atoms with Crippen LogP contribution in [-0.2, 0) is 16.1 Å². The Balaban J connectivity index is 2.39. The van der Waals surface area contributed by atoms with E-state index in [1.807, 2.05) is 0 Å². The van der Waals surface area contributed by atoms with E-state index in [2.05, 4.69) is 4.98 Å². The van der Waals surface area contributed by atoms with E-state index in [9.17, 15) is 14.0 Å². The normalized spacial score (nSPS) is 19.1. The summed E-state index contributed by atoms with van der Waals surface area (Å²) in [7, 11) is 0. The van der Waals surface area contributed by atoms with Crippen LogP contribution in [0.5, 0.6) is 0 Å². The molecule has 0 saturated carbocycles. The number of rotatable bonds is 5. The Labute approximate surface area is 108 Å². The fourth-order valence-electron chi connectivity index (χ4n) is 1.89. The van der Waals surface area contributed by atoms with Gasteiger partial charge in [-0.3, -0.25) is 4.79 Å². The molecule has 1 N–H and O–H groups in total. The maximum atomic E-state index is 13.2. The molecule has 2 rings (SSSR count). The molecule has 0 aromatic carbocycles. The highest BCUT2D eigenvalue weighted by Gasteiger charge is 2.23. The fourth-order valence-corrected chi connectivity index (χ4v) is 1.89. The van der Waals surface area contributed by atoms with Crippen molar-refractivity contribution < 1.29 is 23.8 Å². The van der Waals surface area contributed by atoms with E-state index in [-0.39, 0.29) is 17.6 Å². The van der Waals surface area contributed by atoms with Crippen molar-refractivity contribution in [3.05, 3.63) is 23.0 Å². The van der Waals surface area contributed by atoms with Crippen LogP contribution in [0.4, 0.5) is 4.39 Å². The van der Waals surface area contributed by atoms with Gasteiger partial charge in [0.15, 0.2) is 12.1 Å². The summed E-state index contributed by atoms with van der Waals surface area (Å²) < 4.78 is 20.0. The minimum Gasteiger partial charge on any atom is -0.476 e. The van der Waals surface area contributed by atoms with Gasteiger partial charge in [0, 0.05) is 12.7 Å². The zero-order valence-corrected chi connectivity index (χ0v) is 10.3. The van der Waals surface area contributed by atoms with Gasteiger partial charge >= 0.3 is 5.97 Å². The van der Waals surface area contributed by atoms with Gasteiger partial charge in [0.25, 0.3) is 0 Å². The summed E-state index contributed by atoms with van der Waals surface area (Å²) in [6.07, 6.45) is 2.23. The second kappa shape index (κ2) is 5.31. The number of halogens is 1. The average Bonchev–Trinajstić information content (AvgIpc) is 2.60. The Morgan fingerprint density at radius 1 is 1.68 bits per heavy atom. The van der Waals surface area contributed by atoms with E-state index >= 15 is 0 Å². The van der Waals surface area contributed by atoms with E-state index in [4.69, 9.17) is 9.84 Å². The molecule has 1 aromatic heterocycles. The highest BCUT2D eigenvalue weighted by atomic mass is 19.1. The smallest absolute Gasteiger partial charge is 0.364 e. The molecule has 1 atom stereocenters. The van der Waals surface area contributed by atoms with E-state index in [0.29, 0.717) is 25.1 Å². The van der Waals surface area contributed by atoms with Gasteiger partial charge in [-0.1, -0.05) is 0 Å². The molecule has 19 heavy (non-hydrogen) atoms. The molecule has 1 aliphatic heterocycles. The van der Waals surface area contributed by atoms with Crippen LogP contribution in [0.25, 0.3) is 6.08 Å². The number of carboxylic acid groups (broad SMARTS) is 1. The molecular weight excluding hydrogens is 255 g/mol. The Morgan fingerprint density at radius 2 is 2.37 bits per heavy atom. The first-order chi connectivity index (χ1) is 9.02. The number of aliphatic carboxylic acids is 1. The summed E-state index contributed by atoms with van der Waals surface area (Å²) in [4.78, 5) is 25.5. The number of aldehydes is 1. The van der Waals surface area contributed by atoms with E-state index in [1.165, 1.54) is 4.57 Å². The van der Waals surface area contributed by atoms with Crippen LogP contribution in [0, 0.1) is 6.92 Å². The zero-order chi connectivity index (χ0) is 14.0. The number of carboxylic acids is 1. The first-order valence-electron chi connectivity index (χ1n) is 5.77. The van der Waals surface area contributed by atoms with Crippen molar-refractivity contribution in [3.63, 3.8) is 0 Å². The molecular formula is C12H13FN2O4. The molecule has 7 heteroatoms. The summed E-state index contributed by atoms with van der Waals surface area (Å²) in [6.45, 7) is 2.60. The van der Waals surface area contributed by atoms with Crippen molar-refractivity contribution in [1.82, 2.24) is 9.55 Å². The number of aromatic nitrogens is 2. The van der Waals surface area contributed by atoms with Crippen molar-refractivity contribution in [1.29, 1.82) is 0 Å². The largest absolute Gasteiger partial charge is 0.476 e. The molecule has 102 valence electrons. The molecule has 1 saturated heterocycles. The number of nitrogens with zero attached hydrogens (tertiary/aromatic N) is 2. The number of hydrogen-bond acceptors (Lipinski definition) is 4. The lowest BCUT2D eigenvalue weighted by molar-refractivity contribution is -0.134. The van der Waals surface area contributed by atoms with Crippen LogP contribution < -0.4 is 0 Å². The molecule has 0 bridgehead atoms. The first-order valence-corrected chi connectivity index (χ1v) is 5.77. The second-order valence-corrected chi connectivity index (χ2v) is 4.25. The van der Waals surface area contributed by atoms with Gasteiger partial charge in [0.05, 0.1) is 24.0 Å². The SMILES string of the molecule is Cc1nc(C=O)n(CC2CCO2)c1/C=C(\F)C(=O)O. The topological polar surface area (TPSA) is 81.4 Å². The van der Waals surface area contributed by atoms with Gasteiger partial charge in [-0.05, 0) is 13.3 Å². The third kappa shape index (κ3) is 2.70. The quantitative estimate of drug-likeness (QED) is 0.640. The summed E-state index contributed by atoms with van der Waals surface area (Å²) >= 11 is 0. The Morgan fingerprint density at radius 3 is 2.84 bits per heavy atom. The lowest BCUT2D eigenvalue weighted by atomic mass is 10.2. The molecule has 0 amide bonds. The maximum Gasteiger partial charge on any atom is 0.364 e. The van der Waals surface area contributed by atoms with Crippen LogP contribution in [0.3, 0.4) is 0 Å². The van der Waals surface area contributed by atoms with Gasteiger partial charge < -0.3 is 14.4 Å². The van der Waals surface area contributed by atoms with Crippen LogP contribution in [0.1, 0.15) is 28.4 Å². The monoisotopic (exact) mass is 268 g/mol. The predicted molar refractivity (Wildman–Crippen MR) is 63.4 cm³/mol. The summed E-state index contributed by atoms with van der Waals surface area (Å²) in [5, 5.41) is 8.56. The third-order valence-corrected chi connectivity index (χ3v) is 2.97. The minimum atomic E-state index is -1.65. The summed E-state index contributed by atoms with van der Waals surface area (Å²) in [5.41, 5.74) is 0.676. The number of imidazole rings is 1. The van der Waals surface area contributed by atoms with Crippen LogP contribution in [0.2, 0.25) is 0 Å². The van der Waals surface area contributed by atoms with E-state index < -0.39 is 11.8 Å². The fraction of sp³-hybridized carbons (Fsp3) is 0.417. The zero-order valence-electron chi connectivity index (χ0n) is 10.3. The highest BCUT2D eigenvalue weighted by molar-refractivity contribution is 5.89. The molecule has 2 heterocycles. The van der Waals surface area contributed by atoms with Crippen LogP contribution >= 0.6 is 0 Å². The number of carbonyl (C=O) groups is 2. The highest BCUT2D eigenvalue weighted by Crippen LogP contribution is 2.20. The lowest BCUT2D eigenvalue weighted by Crippen LogP contribution is -2.32. The molecule has 6 nitrogen and oxygen atoms in total. The van der Waals surface area contributed by atoms with Crippen molar-refractivity contribution >= 4 is 18.3 Å². The van der Waals surface area contributed by atoms with Crippen molar-refractivity contribution in [2.45, 2.75) is 26.0 Å². The van der Waals surface area contributed by atoms with Crippen molar-refractivity contribution in [3.8, 4) is 0 Å². The van der Waals surface area contributed by atoms with E-state index in [0.717, 1.165) is 12.5 Å². The van der Waals surface area contributed by atoms with Crippen molar-refractivity contribution in [2.24, 2.45) is 0 Å². The van der Waals surface area contributed by atoms with Gasteiger partial charge in [0.2, 0.25) is 5.83 Å². The van der Waals surface area contributed by atoms with E-state index in [1.54, 1.807) is 6.92 Å². The number of carbonyl (C=O) groups excluding carboxylic acids is 1. The first kappa shape index (κ1) is 13.4. The van der Waals surface area contributed by atoms with Gasteiger partial charge in [0.1, 0.15) is 0 Å². The average molecular weight is 268 g/mol. The number of hydrogen-bond donors (Lipinski definition) is 1. The Hall–Kier alpha value is -2.02. The molecule has 1 aromatic rings. The molecule has 0 spiro atoms. The van der Waals surface area contributed by atoms with Gasteiger partial charge in [-0.25, -0.2) is 9.78 Å². The predicted octanol–water partition coefficient (Wildman–Crippen LogP) is 1.19. The molecule has 1 fully saturated rings. The summed E-state index contributed by atoms with van der Waals surface area (Å²) in [5.74, 6) is -2.81. The lowest BCUT2D eigenvalue weighted by Gasteiger charge is -2.27. The molecule has 1 unspecified atom stereocenters. The maximum absolute atomic E-state index is 13.2. The van der Waals surface area contributed by atoms with Crippen molar-refractivity contribution in [2.75, 3.05) is 6.61 Å². The minimum absolute atomic E-state index is 0.0488. The van der Waals surface area contributed by atoms with Crippen LogP contribution in [0.15, 0.2) is 5.83 Å². The van der Waals surface area contributed by atoms with Crippen LogP contribution in [-0.4, -0.2) is 39.6 Å². The summed E-state index contributed by atoms with van der Waals surface area (Å²) in [6, 6.07) is 0. The Kier molecular flexibility index (Phi) is 3.75. The molecule has 0 radical (unpaired) electrons. The Bertz CT molecular complexity index is 546. The van der Waals surface area contributed by atoms with Gasteiger partial charge in [-0.2, -0.15) is 4.39 Å². The standard InChI is InChI=1S/C12H13FN2O4/c1-7-10(4-9(13)12(17)18)15(11(6-16)14-7)5-8-2-3-19-8/h4,6,8H,2-3,5H2,1H3,(H,17,18)/b9-4-. The third-order valence-electron chi connectivity index (χ3n) is 2.97.